The molecule has 0 amide bonds. The fraction of sp³-hybridized carbons (Fsp3) is 0.720. The maximum atomic E-state index is 8.91. The van der Waals surface area contributed by atoms with E-state index in [1.165, 1.54) is 11.1 Å². The summed E-state index contributed by atoms with van der Waals surface area (Å²) in [5.74, 6) is 1.62. The summed E-state index contributed by atoms with van der Waals surface area (Å²) in [6.07, 6.45) is 4.92. The Kier molecular flexibility index (Phi) is 3.75. The van der Waals surface area contributed by atoms with Gasteiger partial charge in [-0.05, 0) is 79.3 Å². The number of nitrogens with one attached hydrogen (secondary N) is 1. The van der Waals surface area contributed by atoms with Crippen LogP contribution in [0.4, 0.5) is 0 Å². The first kappa shape index (κ1) is 14.9. The van der Waals surface area contributed by atoms with Gasteiger partial charge in [0.05, 0.1) is 5.25 Å². The molecule has 0 radical (unpaired) electrons. The highest BCUT2D eigenvalue weighted by Gasteiger charge is 2.48. The van der Waals surface area contributed by atoms with E-state index in [-0.39, 0.29) is 23.4 Å². The summed E-state index contributed by atoms with van der Waals surface area (Å²) in [6, 6.07) is 0.0947. The van der Waals surface area contributed by atoms with Gasteiger partial charge in [0.25, 0.3) is 0 Å². The van der Waals surface area contributed by atoms with Crippen molar-refractivity contribution in [1.82, 2.24) is 5.32 Å². The Labute approximate surface area is 187 Å². The minimum Gasteiger partial charge on any atom is -0.472 e. The summed E-state index contributed by atoms with van der Waals surface area (Å²) in [4.78, 5) is 5.43. The molecule has 0 aromatic carbocycles. The van der Waals surface area contributed by atoms with Crippen LogP contribution in [0, 0.1) is 17.3 Å². The van der Waals surface area contributed by atoms with Gasteiger partial charge in [-0.25, -0.2) is 0 Å². The molecule has 0 bridgehead atoms. The normalized spacial score (nSPS) is 40.4. The van der Waals surface area contributed by atoms with Gasteiger partial charge in [0.2, 0.25) is 0 Å². The van der Waals surface area contributed by atoms with E-state index in [4.69, 9.17) is 11.6 Å². The number of hydrogen-bond donors (Lipinski definition) is 1. The Hall–Kier alpha value is -1.00. The molecule has 4 heterocycles. The van der Waals surface area contributed by atoms with E-state index in [1.54, 1.807) is 11.8 Å². The van der Waals surface area contributed by atoms with Crippen molar-refractivity contribution in [2.75, 3.05) is 6.54 Å². The molecule has 5 rings (SSSR count). The van der Waals surface area contributed by atoms with Crippen molar-refractivity contribution >= 4 is 17.5 Å². The quantitative estimate of drug-likeness (QED) is 0.599. The molecule has 5 aliphatic rings. The molecule has 0 saturated carbocycles. The van der Waals surface area contributed by atoms with Crippen molar-refractivity contribution in [1.29, 1.82) is 0 Å². The first-order valence-corrected chi connectivity index (χ1v) is 12.0. The number of fused-ring (bicyclic) bond motifs is 4. The lowest BCUT2D eigenvalue weighted by molar-refractivity contribution is 0.128. The average Bonchev–Trinajstić information content (AvgIpc) is 3.30. The fourth-order valence-electron chi connectivity index (χ4n) is 5.60. The van der Waals surface area contributed by atoms with E-state index < -0.39 is 18.6 Å². The third-order valence-electron chi connectivity index (χ3n) is 6.89. The molecule has 1 saturated heterocycles. The maximum absolute atomic E-state index is 8.91. The van der Waals surface area contributed by atoms with Crippen LogP contribution in [0.5, 0.6) is 0 Å². The van der Waals surface area contributed by atoms with Gasteiger partial charge in [0.15, 0.2) is 6.23 Å². The number of ether oxygens (including phenoxy) is 1. The topological polar surface area (TPSA) is 33.6 Å². The van der Waals surface area contributed by atoms with Crippen LogP contribution in [-0.4, -0.2) is 29.8 Å². The van der Waals surface area contributed by atoms with Gasteiger partial charge < -0.3 is 10.1 Å². The van der Waals surface area contributed by atoms with Crippen LogP contribution in [-0.2, 0) is 4.74 Å². The Balaban J connectivity index is 1.46. The third kappa shape index (κ3) is 3.54. The van der Waals surface area contributed by atoms with Crippen LogP contribution in [0.1, 0.15) is 79.9 Å². The number of thioether (sulfide) groups is 1. The van der Waals surface area contributed by atoms with Crippen LogP contribution in [0.25, 0.3) is 0 Å². The average molecular weight is 418 g/mol. The van der Waals surface area contributed by atoms with E-state index >= 15 is 0 Å². The van der Waals surface area contributed by atoms with E-state index in [0.717, 1.165) is 48.5 Å². The van der Waals surface area contributed by atoms with Crippen LogP contribution < -0.4 is 5.32 Å². The second-order valence-electron chi connectivity index (χ2n) is 10.1. The molecule has 29 heavy (non-hydrogen) atoms. The molecular formula is C25H36N2OS. The number of allylic oxidation sites excluding steroid dienone is 3. The number of aliphatic imine (C=N–C) groups is 1. The molecule has 0 aromatic heterocycles. The first-order chi connectivity index (χ1) is 15.8. The predicted molar refractivity (Wildman–Crippen MR) is 123 cm³/mol. The van der Waals surface area contributed by atoms with Gasteiger partial charge in [-0.2, -0.15) is 0 Å². The summed E-state index contributed by atoms with van der Waals surface area (Å²) in [5, 5.41) is 3.84. The van der Waals surface area contributed by atoms with Gasteiger partial charge in [-0.1, -0.05) is 26.8 Å². The zero-order chi connectivity index (χ0) is 24.6. The zero-order valence-corrected chi connectivity index (χ0v) is 18.8. The Morgan fingerprint density at radius 2 is 2.21 bits per heavy atom. The second-order valence-corrected chi connectivity index (χ2v) is 11.2. The summed E-state index contributed by atoms with van der Waals surface area (Å²) < 4.78 is 47.6. The van der Waals surface area contributed by atoms with Gasteiger partial charge in [0, 0.05) is 37.0 Å². The highest BCUT2D eigenvalue weighted by atomic mass is 32.2. The van der Waals surface area contributed by atoms with Gasteiger partial charge in [-0.15, -0.1) is 11.8 Å². The first-order valence-electron chi connectivity index (χ1n) is 13.6. The zero-order valence-electron chi connectivity index (χ0n) is 23.0. The molecule has 4 heteroatoms. The van der Waals surface area contributed by atoms with E-state index in [0.29, 0.717) is 18.1 Å². The summed E-state index contributed by atoms with van der Waals surface area (Å²) in [7, 11) is 0. The molecule has 0 aromatic rings. The smallest absolute Gasteiger partial charge is 0.192 e. The molecule has 158 valence electrons. The molecular weight excluding hydrogens is 376 g/mol. The lowest BCUT2D eigenvalue weighted by Crippen LogP contribution is -2.44. The number of rotatable bonds is 2. The van der Waals surface area contributed by atoms with Crippen LogP contribution in [0.2, 0.25) is 0 Å². The molecule has 4 aliphatic heterocycles. The van der Waals surface area contributed by atoms with E-state index in [2.05, 4.69) is 23.3 Å². The van der Waals surface area contributed by atoms with Crippen LogP contribution >= 0.6 is 11.8 Å². The molecule has 5 atom stereocenters. The van der Waals surface area contributed by atoms with Crippen LogP contribution in [0.3, 0.4) is 0 Å². The lowest BCUT2D eigenvalue weighted by atomic mass is 9.76. The third-order valence-corrected chi connectivity index (χ3v) is 8.32. The highest BCUT2D eigenvalue weighted by Crippen LogP contribution is 2.53. The van der Waals surface area contributed by atoms with Crippen molar-refractivity contribution in [3.8, 4) is 0 Å². The summed E-state index contributed by atoms with van der Waals surface area (Å²) in [6.45, 7) is 6.61. The molecule has 1 fully saturated rings. The van der Waals surface area contributed by atoms with E-state index in [1.807, 2.05) is 20.8 Å². The van der Waals surface area contributed by atoms with Crippen molar-refractivity contribution in [2.24, 2.45) is 22.2 Å². The fourth-order valence-corrected chi connectivity index (χ4v) is 7.31. The largest absolute Gasteiger partial charge is 0.472 e. The minimum atomic E-state index is -2.14. The Bertz CT molecular complexity index is 1000. The van der Waals surface area contributed by atoms with Crippen molar-refractivity contribution < 1.29 is 11.6 Å². The molecule has 1 aliphatic carbocycles. The molecule has 1 N–H and O–H groups in total. The number of hydrogen-bond acceptors (Lipinski definition) is 4. The lowest BCUT2D eigenvalue weighted by Gasteiger charge is -2.35. The molecule has 0 spiro atoms. The van der Waals surface area contributed by atoms with Gasteiger partial charge >= 0.3 is 0 Å². The van der Waals surface area contributed by atoms with Crippen molar-refractivity contribution in [2.45, 2.75) is 90.5 Å². The van der Waals surface area contributed by atoms with Gasteiger partial charge in [-0.3, -0.25) is 4.99 Å². The monoisotopic (exact) mass is 417 g/mol. The Morgan fingerprint density at radius 1 is 1.34 bits per heavy atom. The number of nitrogens with zero attached hydrogens (tertiary/aromatic N) is 1. The second kappa shape index (κ2) is 7.30. The van der Waals surface area contributed by atoms with Crippen molar-refractivity contribution in [3.05, 3.63) is 33.5 Å². The predicted octanol–water partition coefficient (Wildman–Crippen LogP) is 5.99. The highest BCUT2D eigenvalue weighted by molar-refractivity contribution is 8.04. The maximum Gasteiger partial charge on any atom is 0.192 e. The molecule has 3 nitrogen and oxygen atoms in total. The van der Waals surface area contributed by atoms with Gasteiger partial charge in [0.1, 0.15) is 5.76 Å². The minimum absolute atomic E-state index is 0.0947. The summed E-state index contributed by atoms with van der Waals surface area (Å²) in [5.41, 5.74) is 3.45. The van der Waals surface area contributed by atoms with E-state index in [9.17, 15) is 0 Å². The Morgan fingerprint density at radius 3 is 3.00 bits per heavy atom. The van der Waals surface area contributed by atoms with Crippen LogP contribution in [0.15, 0.2) is 38.5 Å². The molecule has 3 unspecified atom stereocenters. The SMILES string of the molecule is [2H]C([2H])([2H])C1=NC2OC3=C([C@@H]4NCC=C5C(C)=C(C([2H])([2H])C(C)(C)C)SC54)CCC[C@H]3C2CC1. The van der Waals surface area contributed by atoms with Crippen molar-refractivity contribution in [3.63, 3.8) is 0 Å². The standard InChI is InChI=1S/C25H36N2OS/c1-14-9-10-18-17-7-6-8-19(22(17)28-24(18)27-14)21-23-16(11-12-26-21)15(2)20(29-23)13-25(3,4)5/h11,17-18,21,23-24,26H,6-10,12-13H2,1-5H3/t17-,18?,21-,23?,24?/m0/s1/i1D3,13D2. The summed E-state index contributed by atoms with van der Waals surface area (Å²) >= 11 is 1.68.